The molecule has 0 bridgehead atoms. The quantitative estimate of drug-likeness (QED) is 0.354. The van der Waals surface area contributed by atoms with E-state index in [0.717, 1.165) is 5.69 Å². The van der Waals surface area contributed by atoms with E-state index in [4.69, 9.17) is 0 Å². The average molecular weight is 433 g/mol. The van der Waals surface area contributed by atoms with E-state index in [9.17, 15) is 9.59 Å². The number of carbonyl (C=O) groups excluding carboxylic acids is 2. The first-order valence-corrected chi connectivity index (χ1v) is 7.10. The van der Waals surface area contributed by atoms with Gasteiger partial charge in [0.05, 0.1) is 6.54 Å². The van der Waals surface area contributed by atoms with Gasteiger partial charge in [-0.15, -0.1) is 24.0 Å². The highest BCUT2D eigenvalue weighted by Crippen LogP contribution is 2.04. The monoisotopic (exact) mass is 433 g/mol. The lowest BCUT2D eigenvalue weighted by molar-refractivity contribution is -0.127. The van der Waals surface area contributed by atoms with Crippen LogP contribution >= 0.6 is 24.0 Å². The number of aliphatic imine (C=N–C) groups is 1. The molecule has 0 saturated heterocycles. The van der Waals surface area contributed by atoms with E-state index in [-0.39, 0.29) is 48.9 Å². The van der Waals surface area contributed by atoms with E-state index < -0.39 is 0 Å². The third-order valence-corrected chi connectivity index (χ3v) is 2.69. The molecule has 1 aromatic rings. The lowest BCUT2D eigenvalue weighted by Crippen LogP contribution is -2.43. The van der Waals surface area contributed by atoms with Crippen molar-refractivity contribution >= 4 is 47.4 Å². The number of guanidine groups is 1. The third-order valence-electron chi connectivity index (χ3n) is 2.69. The Labute approximate surface area is 153 Å². The van der Waals surface area contributed by atoms with Crippen LogP contribution in [0.3, 0.4) is 0 Å². The van der Waals surface area contributed by atoms with Gasteiger partial charge in [0.15, 0.2) is 5.96 Å². The van der Waals surface area contributed by atoms with Crippen molar-refractivity contribution < 1.29 is 9.59 Å². The minimum atomic E-state index is -0.220. The Morgan fingerprint density at radius 1 is 1.13 bits per heavy atom. The zero-order chi connectivity index (χ0) is 16.4. The molecule has 0 atom stereocenters. The summed E-state index contributed by atoms with van der Waals surface area (Å²) < 4.78 is 0. The molecule has 0 saturated carbocycles. The number of nitrogens with one attached hydrogen (secondary N) is 3. The Morgan fingerprint density at radius 3 is 2.35 bits per heavy atom. The molecule has 0 spiro atoms. The van der Waals surface area contributed by atoms with Gasteiger partial charge >= 0.3 is 0 Å². The summed E-state index contributed by atoms with van der Waals surface area (Å²) in [6, 6.07) is 9.18. The Kier molecular flexibility index (Phi) is 10.8. The van der Waals surface area contributed by atoms with Crippen LogP contribution in [0.2, 0.25) is 0 Å². The molecule has 0 unspecified atom stereocenters. The van der Waals surface area contributed by atoms with Gasteiger partial charge in [-0.25, -0.2) is 4.99 Å². The molecular weight excluding hydrogens is 409 g/mol. The molecule has 1 rings (SSSR count). The number of nitrogens with zero attached hydrogens (tertiary/aromatic N) is 2. The van der Waals surface area contributed by atoms with Crippen molar-refractivity contribution in [3.63, 3.8) is 0 Å². The molecule has 0 aromatic heterocycles. The van der Waals surface area contributed by atoms with Crippen LogP contribution in [0.5, 0.6) is 0 Å². The highest BCUT2D eigenvalue weighted by molar-refractivity contribution is 14.0. The first kappa shape index (κ1) is 21.2. The smallest absolute Gasteiger partial charge is 0.246 e. The first-order valence-electron chi connectivity index (χ1n) is 7.10. The molecule has 0 radical (unpaired) electrons. The van der Waals surface area contributed by atoms with E-state index in [1.165, 1.54) is 4.90 Å². The van der Waals surface area contributed by atoms with E-state index in [2.05, 4.69) is 20.9 Å². The van der Waals surface area contributed by atoms with E-state index in [1.807, 2.05) is 25.1 Å². The standard InChI is InChI=1S/C15H23N5O2.HI/c1-4-16-15(18-11-14(22)20(2)3)17-10-13(21)19-12-8-6-5-7-9-12;/h5-9H,4,10-11H2,1-3H3,(H,19,21)(H2,16,17,18);1H. The summed E-state index contributed by atoms with van der Waals surface area (Å²) in [6.45, 7) is 2.65. The number of para-hydroxylation sites is 1. The second-order valence-corrected chi connectivity index (χ2v) is 4.75. The van der Waals surface area contributed by atoms with Crippen molar-refractivity contribution in [1.29, 1.82) is 0 Å². The van der Waals surface area contributed by atoms with Crippen LogP contribution < -0.4 is 16.0 Å². The highest BCUT2D eigenvalue weighted by Gasteiger charge is 2.06. The molecule has 0 aliphatic rings. The highest BCUT2D eigenvalue weighted by atomic mass is 127. The fourth-order valence-electron chi connectivity index (χ4n) is 1.53. The second kappa shape index (κ2) is 11.7. The summed E-state index contributed by atoms with van der Waals surface area (Å²) in [4.78, 5) is 29.0. The van der Waals surface area contributed by atoms with Gasteiger partial charge < -0.3 is 20.9 Å². The SMILES string of the molecule is CCNC(=NCC(=O)Nc1ccccc1)NCC(=O)N(C)C.I. The maximum atomic E-state index is 11.8. The Morgan fingerprint density at radius 2 is 1.78 bits per heavy atom. The van der Waals surface area contributed by atoms with Gasteiger partial charge in [0.25, 0.3) is 0 Å². The number of anilines is 1. The number of halogens is 1. The zero-order valence-electron chi connectivity index (χ0n) is 13.6. The Bertz CT molecular complexity index is 520. The van der Waals surface area contributed by atoms with Gasteiger partial charge in [-0.2, -0.15) is 0 Å². The van der Waals surface area contributed by atoms with Crippen LogP contribution in [-0.4, -0.2) is 56.4 Å². The molecule has 1 aromatic carbocycles. The number of hydrogen-bond acceptors (Lipinski definition) is 3. The van der Waals surface area contributed by atoms with Crippen molar-refractivity contribution in [2.24, 2.45) is 4.99 Å². The average Bonchev–Trinajstić information content (AvgIpc) is 2.50. The van der Waals surface area contributed by atoms with Crippen LogP contribution in [0.4, 0.5) is 5.69 Å². The van der Waals surface area contributed by atoms with Crippen molar-refractivity contribution in [2.75, 3.05) is 39.0 Å². The molecule has 7 nitrogen and oxygen atoms in total. The molecule has 3 N–H and O–H groups in total. The molecule has 23 heavy (non-hydrogen) atoms. The number of carbonyl (C=O) groups is 2. The third kappa shape index (κ3) is 9.01. The predicted molar refractivity (Wildman–Crippen MR) is 103 cm³/mol. The predicted octanol–water partition coefficient (Wildman–Crippen LogP) is 0.886. The van der Waals surface area contributed by atoms with E-state index in [1.54, 1.807) is 26.2 Å². The molecule has 8 heteroatoms. The van der Waals surface area contributed by atoms with Gasteiger partial charge in [0.1, 0.15) is 6.54 Å². The van der Waals surface area contributed by atoms with E-state index in [0.29, 0.717) is 12.5 Å². The molecule has 2 amide bonds. The Hall–Kier alpha value is -1.84. The maximum Gasteiger partial charge on any atom is 0.246 e. The van der Waals surface area contributed by atoms with Gasteiger partial charge in [-0.1, -0.05) is 18.2 Å². The fraction of sp³-hybridized carbons (Fsp3) is 0.400. The minimum absolute atomic E-state index is 0. The number of rotatable bonds is 6. The van der Waals surface area contributed by atoms with Gasteiger partial charge in [0, 0.05) is 26.3 Å². The summed E-state index contributed by atoms with van der Waals surface area (Å²) >= 11 is 0. The zero-order valence-corrected chi connectivity index (χ0v) is 16.0. The minimum Gasteiger partial charge on any atom is -0.357 e. The summed E-state index contributed by atoms with van der Waals surface area (Å²) in [5.41, 5.74) is 0.725. The Balaban J connectivity index is 0.00000484. The van der Waals surface area contributed by atoms with Crippen LogP contribution in [0, 0.1) is 0 Å². The van der Waals surface area contributed by atoms with Gasteiger partial charge in [-0.3, -0.25) is 9.59 Å². The summed E-state index contributed by atoms with van der Waals surface area (Å²) in [6.07, 6.45) is 0. The van der Waals surface area contributed by atoms with Crippen LogP contribution in [0.15, 0.2) is 35.3 Å². The summed E-state index contributed by atoms with van der Waals surface area (Å²) in [5, 5.41) is 8.62. The molecular formula is C15H24IN5O2. The molecule has 0 fully saturated rings. The summed E-state index contributed by atoms with van der Waals surface area (Å²) in [7, 11) is 3.36. The maximum absolute atomic E-state index is 11.8. The largest absolute Gasteiger partial charge is 0.357 e. The summed E-state index contributed by atoms with van der Waals surface area (Å²) in [5.74, 6) is 0.141. The lowest BCUT2D eigenvalue weighted by atomic mass is 10.3. The van der Waals surface area contributed by atoms with Crippen molar-refractivity contribution in [3.05, 3.63) is 30.3 Å². The number of hydrogen-bond donors (Lipinski definition) is 3. The lowest BCUT2D eigenvalue weighted by Gasteiger charge is -2.14. The first-order chi connectivity index (χ1) is 10.5. The fourth-order valence-corrected chi connectivity index (χ4v) is 1.53. The van der Waals surface area contributed by atoms with Gasteiger partial charge in [0.2, 0.25) is 11.8 Å². The van der Waals surface area contributed by atoms with Crippen molar-refractivity contribution in [3.8, 4) is 0 Å². The van der Waals surface area contributed by atoms with Crippen molar-refractivity contribution in [2.45, 2.75) is 6.92 Å². The molecule has 0 aliphatic carbocycles. The van der Waals surface area contributed by atoms with Crippen LogP contribution in [0.25, 0.3) is 0 Å². The van der Waals surface area contributed by atoms with E-state index >= 15 is 0 Å². The van der Waals surface area contributed by atoms with Crippen molar-refractivity contribution in [1.82, 2.24) is 15.5 Å². The van der Waals surface area contributed by atoms with Crippen LogP contribution in [0.1, 0.15) is 6.92 Å². The van der Waals surface area contributed by atoms with Crippen LogP contribution in [-0.2, 0) is 9.59 Å². The number of benzene rings is 1. The second-order valence-electron chi connectivity index (χ2n) is 4.75. The number of likely N-dealkylation sites (N-methyl/N-ethyl adjacent to an activating group) is 1. The molecule has 0 aliphatic heterocycles. The normalized spacial score (nSPS) is 10.3. The van der Waals surface area contributed by atoms with Gasteiger partial charge in [-0.05, 0) is 19.1 Å². The molecule has 128 valence electrons. The topological polar surface area (TPSA) is 85.8 Å². The number of amides is 2. The molecule has 0 heterocycles.